The number of piperidine rings is 1. The van der Waals surface area contributed by atoms with Crippen molar-refractivity contribution < 1.29 is 4.79 Å². The summed E-state index contributed by atoms with van der Waals surface area (Å²) in [7, 11) is 2.12. The van der Waals surface area contributed by atoms with Crippen LogP contribution in [0.15, 0.2) is 18.2 Å². The Hall–Kier alpha value is -1.51. The van der Waals surface area contributed by atoms with Gasteiger partial charge in [-0.25, -0.2) is 0 Å². The molecule has 1 aromatic rings. The SMILES string of the molecule is CCC1CCCCN1C(=O)c1ccc2c(c1)CCN2C. The third kappa shape index (κ3) is 2.30. The van der Waals surface area contributed by atoms with Crippen LogP contribution in [0.5, 0.6) is 0 Å². The highest BCUT2D eigenvalue weighted by molar-refractivity contribution is 5.95. The van der Waals surface area contributed by atoms with Gasteiger partial charge in [-0.2, -0.15) is 0 Å². The van der Waals surface area contributed by atoms with Gasteiger partial charge >= 0.3 is 0 Å². The molecule has 3 nitrogen and oxygen atoms in total. The number of hydrogen-bond acceptors (Lipinski definition) is 2. The maximum Gasteiger partial charge on any atom is 0.254 e. The maximum atomic E-state index is 12.8. The second-order valence-corrected chi connectivity index (χ2v) is 6.07. The zero-order valence-electron chi connectivity index (χ0n) is 12.6. The molecule has 108 valence electrons. The monoisotopic (exact) mass is 272 g/mol. The Labute approximate surface area is 121 Å². The fourth-order valence-corrected chi connectivity index (χ4v) is 3.56. The van der Waals surface area contributed by atoms with Crippen LogP contribution >= 0.6 is 0 Å². The molecular weight excluding hydrogens is 248 g/mol. The van der Waals surface area contributed by atoms with E-state index in [1.807, 2.05) is 6.07 Å². The maximum absolute atomic E-state index is 12.8. The van der Waals surface area contributed by atoms with Crippen molar-refractivity contribution in [2.45, 2.75) is 45.1 Å². The molecule has 1 fully saturated rings. The van der Waals surface area contributed by atoms with Gasteiger partial charge in [-0.05, 0) is 55.9 Å². The average Bonchev–Trinajstić information content (AvgIpc) is 2.87. The molecule has 2 aliphatic heterocycles. The number of amides is 1. The van der Waals surface area contributed by atoms with E-state index < -0.39 is 0 Å². The predicted octanol–water partition coefficient (Wildman–Crippen LogP) is 3.08. The zero-order valence-corrected chi connectivity index (χ0v) is 12.6. The minimum atomic E-state index is 0.230. The van der Waals surface area contributed by atoms with Crippen LogP contribution in [0.2, 0.25) is 0 Å². The molecular formula is C17H24N2O. The van der Waals surface area contributed by atoms with Crippen LogP contribution in [0.1, 0.15) is 48.5 Å². The van der Waals surface area contributed by atoms with Crippen molar-refractivity contribution in [3.63, 3.8) is 0 Å². The summed E-state index contributed by atoms with van der Waals surface area (Å²) in [6.07, 6.45) is 5.70. The van der Waals surface area contributed by atoms with E-state index in [0.29, 0.717) is 6.04 Å². The fraction of sp³-hybridized carbons (Fsp3) is 0.588. The van der Waals surface area contributed by atoms with E-state index >= 15 is 0 Å². The number of hydrogen-bond donors (Lipinski definition) is 0. The van der Waals surface area contributed by atoms with Crippen LogP contribution in [-0.4, -0.2) is 37.0 Å². The van der Waals surface area contributed by atoms with E-state index in [9.17, 15) is 4.79 Å². The quantitative estimate of drug-likeness (QED) is 0.826. The van der Waals surface area contributed by atoms with Gasteiger partial charge in [-0.1, -0.05) is 6.92 Å². The van der Waals surface area contributed by atoms with Gasteiger partial charge in [0, 0.05) is 37.4 Å². The average molecular weight is 272 g/mol. The van der Waals surface area contributed by atoms with Crippen LogP contribution in [0, 0.1) is 0 Å². The van der Waals surface area contributed by atoms with E-state index in [1.54, 1.807) is 0 Å². The smallest absolute Gasteiger partial charge is 0.254 e. The summed E-state index contributed by atoms with van der Waals surface area (Å²) in [5, 5.41) is 0. The molecule has 1 amide bonds. The van der Waals surface area contributed by atoms with Crippen molar-refractivity contribution in [2.24, 2.45) is 0 Å². The topological polar surface area (TPSA) is 23.6 Å². The van der Waals surface area contributed by atoms with Crippen molar-refractivity contribution in [3.05, 3.63) is 29.3 Å². The molecule has 2 aliphatic rings. The van der Waals surface area contributed by atoms with Crippen LogP contribution in [0.3, 0.4) is 0 Å². The van der Waals surface area contributed by atoms with E-state index in [-0.39, 0.29) is 5.91 Å². The summed E-state index contributed by atoms with van der Waals surface area (Å²) in [6, 6.07) is 6.67. The lowest BCUT2D eigenvalue weighted by atomic mass is 9.98. The van der Waals surface area contributed by atoms with E-state index in [1.165, 1.54) is 17.7 Å². The Morgan fingerprint density at radius 2 is 2.15 bits per heavy atom. The Morgan fingerprint density at radius 1 is 1.30 bits per heavy atom. The van der Waals surface area contributed by atoms with Crippen LogP contribution in [-0.2, 0) is 6.42 Å². The summed E-state index contributed by atoms with van der Waals surface area (Å²) in [6.45, 7) is 4.18. The molecule has 3 rings (SSSR count). The van der Waals surface area contributed by atoms with Gasteiger partial charge in [-0.15, -0.1) is 0 Å². The van der Waals surface area contributed by atoms with Crippen LogP contribution in [0.4, 0.5) is 5.69 Å². The minimum absolute atomic E-state index is 0.230. The second kappa shape index (κ2) is 5.47. The molecule has 3 heteroatoms. The number of likely N-dealkylation sites (tertiary alicyclic amines) is 1. The number of carbonyl (C=O) groups excluding carboxylic acids is 1. The highest BCUT2D eigenvalue weighted by Crippen LogP contribution is 2.29. The highest BCUT2D eigenvalue weighted by Gasteiger charge is 2.27. The number of fused-ring (bicyclic) bond motifs is 1. The van der Waals surface area contributed by atoms with E-state index in [4.69, 9.17) is 0 Å². The number of carbonyl (C=O) groups is 1. The number of likely N-dealkylation sites (N-methyl/N-ethyl adjacent to an activating group) is 1. The van der Waals surface area contributed by atoms with E-state index in [0.717, 1.165) is 44.3 Å². The Morgan fingerprint density at radius 3 is 2.95 bits per heavy atom. The van der Waals surface area contributed by atoms with Gasteiger partial charge in [0.15, 0.2) is 0 Å². The molecule has 1 aromatic carbocycles. The van der Waals surface area contributed by atoms with E-state index in [2.05, 4.69) is 35.9 Å². The van der Waals surface area contributed by atoms with Crippen molar-refractivity contribution in [2.75, 3.05) is 25.0 Å². The molecule has 0 bridgehead atoms. The van der Waals surface area contributed by atoms with Gasteiger partial charge in [-0.3, -0.25) is 4.79 Å². The standard InChI is InChI=1S/C17H24N2O/c1-3-15-6-4-5-10-19(15)17(20)14-7-8-16-13(12-14)9-11-18(16)2/h7-8,12,15H,3-6,9-11H2,1-2H3. The van der Waals surface area contributed by atoms with Crippen molar-refractivity contribution in [1.82, 2.24) is 4.90 Å². The largest absolute Gasteiger partial charge is 0.374 e. The van der Waals surface area contributed by atoms with Crippen molar-refractivity contribution in [1.29, 1.82) is 0 Å². The molecule has 0 saturated carbocycles. The van der Waals surface area contributed by atoms with Crippen molar-refractivity contribution >= 4 is 11.6 Å². The first-order valence-corrected chi connectivity index (χ1v) is 7.85. The van der Waals surface area contributed by atoms with Gasteiger partial charge in [0.05, 0.1) is 0 Å². The number of anilines is 1. The van der Waals surface area contributed by atoms with Crippen LogP contribution < -0.4 is 4.90 Å². The van der Waals surface area contributed by atoms with Gasteiger partial charge in [0.2, 0.25) is 0 Å². The zero-order chi connectivity index (χ0) is 14.1. The lowest BCUT2D eigenvalue weighted by Gasteiger charge is -2.35. The van der Waals surface area contributed by atoms with Gasteiger partial charge in [0.1, 0.15) is 0 Å². The molecule has 0 radical (unpaired) electrons. The molecule has 0 spiro atoms. The first-order chi connectivity index (χ1) is 9.70. The molecule has 2 heterocycles. The second-order valence-electron chi connectivity index (χ2n) is 6.07. The number of nitrogens with zero attached hydrogens (tertiary/aromatic N) is 2. The lowest BCUT2D eigenvalue weighted by Crippen LogP contribution is -2.43. The minimum Gasteiger partial charge on any atom is -0.374 e. The molecule has 1 saturated heterocycles. The Bertz CT molecular complexity index is 512. The lowest BCUT2D eigenvalue weighted by molar-refractivity contribution is 0.0608. The number of benzene rings is 1. The summed E-state index contributed by atoms with van der Waals surface area (Å²) < 4.78 is 0. The molecule has 0 N–H and O–H groups in total. The highest BCUT2D eigenvalue weighted by atomic mass is 16.2. The summed E-state index contributed by atoms with van der Waals surface area (Å²) in [5.74, 6) is 0.230. The Balaban J connectivity index is 1.83. The van der Waals surface area contributed by atoms with Crippen LogP contribution in [0.25, 0.3) is 0 Å². The number of rotatable bonds is 2. The normalized spacial score (nSPS) is 22.0. The summed E-state index contributed by atoms with van der Waals surface area (Å²) >= 11 is 0. The molecule has 0 aliphatic carbocycles. The van der Waals surface area contributed by atoms with Gasteiger partial charge in [0.25, 0.3) is 5.91 Å². The Kier molecular flexibility index (Phi) is 3.68. The predicted molar refractivity (Wildman–Crippen MR) is 82.4 cm³/mol. The van der Waals surface area contributed by atoms with Gasteiger partial charge < -0.3 is 9.80 Å². The summed E-state index contributed by atoms with van der Waals surface area (Å²) in [5.41, 5.74) is 3.48. The first kappa shape index (κ1) is 13.5. The molecule has 0 aromatic heterocycles. The fourth-order valence-electron chi connectivity index (χ4n) is 3.56. The first-order valence-electron chi connectivity index (χ1n) is 7.85. The van der Waals surface area contributed by atoms with Crippen molar-refractivity contribution in [3.8, 4) is 0 Å². The molecule has 1 atom stereocenters. The molecule has 1 unspecified atom stereocenters. The molecule has 20 heavy (non-hydrogen) atoms. The summed E-state index contributed by atoms with van der Waals surface area (Å²) in [4.78, 5) is 17.1. The third-order valence-electron chi connectivity index (χ3n) is 4.81. The third-order valence-corrected chi connectivity index (χ3v) is 4.81.